The number of carbonyl (C=O) groups excluding carboxylic acids is 1. The summed E-state index contributed by atoms with van der Waals surface area (Å²) < 4.78 is 5.43. The van der Waals surface area contributed by atoms with Crippen LogP contribution in [0.3, 0.4) is 0 Å². The maximum absolute atomic E-state index is 11.1. The number of allylic oxidation sites excluding steroid dienone is 3. The molecular weight excluding hydrogens is 200 g/mol. The zero-order chi connectivity index (χ0) is 11.7. The van der Waals surface area contributed by atoms with Gasteiger partial charge in [0.2, 0.25) is 0 Å². The van der Waals surface area contributed by atoms with Gasteiger partial charge >= 0.3 is 5.97 Å². The Morgan fingerprint density at radius 1 is 1.38 bits per heavy atom. The first kappa shape index (κ1) is 11.2. The zero-order valence-corrected chi connectivity index (χ0v) is 10.1. The Morgan fingerprint density at radius 3 is 2.75 bits per heavy atom. The molecule has 2 aliphatic carbocycles. The van der Waals surface area contributed by atoms with E-state index in [-0.39, 0.29) is 12.1 Å². The molecule has 2 nitrogen and oxygen atoms in total. The number of esters is 1. The summed E-state index contributed by atoms with van der Waals surface area (Å²) in [5.41, 5.74) is 2.39. The second kappa shape index (κ2) is 4.28. The van der Waals surface area contributed by atoms with E-state index in [9.17, 15) is 4.79 Å². The predicted octanol–water partition coefficient (Wildman–Crippen LogP) is 3.02. The molecular formula is C14H18O2. The third kappa shape index (κ3) is 2.26. The van der Waals surface area contributed by atoms with Gasteiger partial charge in [-0.2, -0.15) is 0 Å². The van der Waals surface area contributed by atoms with Gasteiger partial charge in [0, 0.05) is 12.8 Å². The summed E-state index contributed by atoms with van der Waals surface area (Å²) in [4.78, 5) is 11.1. The fraction of sp³-hybridized carbons (Fsp3) is 0.500. The topological polar surface area (TPSA) is 26.3 Å². The van der Waals surface area contributed by atoms with Crippen molar-refractivity contribution < 1.29 is 9.53 Å². The molecule has 0 aromatic carbocycles. The fourth-order valence-corrected chi connectivity index (χ4v) is 2.49. The lowest BCUT2D eigenvalue weighted by Crippen LogP contribution is -2.29. The molecule has 0 amide bonds. The number of rotatable bonds is 2. The Kier molecular flexibility index (Phi) is 2.99. The molecule has 86 valence electrons. The minimum Gasteiger partial charge on any atom is -0.457 e. The highest BCUT2D eigenvalue weighted by Crippen LogP contribution is 2.38. The molecule has 3 atom stereocenters. The van der Waals surface area contributed by atoms with Gasteiger partial charge in [-0.25, -0.2) is 0 Å². The van der Waals surface area contributed by atoms with Crippen molar-refractivity contribution in [2.45, 2.75) is 33.3 Å². The van der Waals surface area contributed by atoms with Gasteiger partial charge in [0.05, 0.1) is 0 Å². The molecule has 0 saturated carbocycles. The van der Waals surface area contributed by atoms with Gasteiger partial charge in [0.1, 0.15) is 6.10 Å². The molecule has 2 aliphatic rings. The maximum Gasteiger partial charge on any atom is 0.303 e. The molecule has 2 heteroatoms. The summed E-state index contributed by atoms with van der Waals surface area (Å²) in [6, 6.07) is 0. The number of hydrogen-bond acceptors (Lipinski definition) is 2. The van der Waals surface area contributed by atoms with Crippen molar-refractivity contribution >= 4 is 5.97 Å². The van der Waals surface area contributed by atoms with Crippen molar-refractivity contribution in [2.24, 2.45) is 11.8 Å². The highest BCUT2D eigenvalue weighted by molar-refractivity contribution is 5.67. The van der Waals surface area contributed by atoms with Crippen LogP contribution in [0.4, 0.5) is 0 Å². The van der Waals surface area contributed by atoms with Gasteiger partial charge < -0.3 is 4.74 Å². The average molecular weight is 218 g/mol. The van der Waals surface area contributed by atoms with Crippen LogP contribution in [0.2, 0.25) is 0 Å². The Bertz CT molecular complexity index is 384. The van der Waals surface area contributed by atoms with E-state index in [1.54, 1.807) is 0 Å². The Morgan fingerprint density at radius 2 is 2.12 bits per heavy atom. The van der Waals surface area contributed by atoms with Crippen LogP contribution in [0.15, 0.2) is 35.5 Å². The first-order chi connectivity index (χ1) is 7.56. The molecule has 2 rings (SSSR count). The molecule has 16 heavy (non-hydrogen) atoms. The predicted molar refractivity (Wildman–Crippen MR) is 63.8 cm³/mol. The summed E-state index contributed by atoms with van der Waals surface area (Å²) in [6.07, 6.45) is 9.74. The lowest BCUT2D eigenvalue weighted by Gasteiger charge is -2.28. The molecule has 2 unspecified atom stereocenters. The van der Waals surface area contributed by atoms with E-state index in [1.165, 1.54) is 12.5 Å². The molecule has 0 saturated heterocycles. The largest absolute Gasteiger partial charge is 0.457 e. The van der Waals surface area contributed by atoms with E-state index in [2.05, 4.69) is 38.2 Å². The summed E-state index contributed by atoms with van der Waals surface area (Å²) in [7, 11) is 0. The number of ether oxygens (including phenoxy) is 1. The van der Waals surface area contributed by atoms with E-state index < -0.39 is 0 Å². The Balaban J connectivity index is 2.26. The van der Waals surface area contributed by atoms with Crippen molar-refractivity contribution in [2.75, 3.05) is 0 Å². The van der Waals surface area contributed by atoms with Crippen LogP contribution < -0.4 is 0 Å². The zero-order valence-electron chi connectivity index (χ0n) is 10.1. The maximum atomic E-state index is 11.1. The normalized spacial score (nSPS) is 30.9. The second-order valence-corrected chi connectivity index (χ2v) is 4.87. The quantitative estimate of drug-likeness (QED) is 0.526. The second-order valence-electron chi connectivity index (χ2n) is 4.87. The van der Waals surface area contributed by atoms with Crippen molar-refractivity contribution in [3.8, 4) is 0 Å². The van der Waals surface area contributed by atoms with Gasteiger partial charge in [-0.05, 0) is 31.8 Å². The average Bonchev–Trinajstić information content (AvgIpc) is 2.55. The van der Waals surface area contributed by atoms with Crippen molar-refractivity contribution in [1.29, 1.82) is 0 Å². The highest BCUT2D eigenvalue weighted by atomic mass is 16.5. The first-order valence-corrected chi connectivity index (χ1v) is 5.78. The lowest BCUT2D eigenvalue weighted by molar-refractivity contribution is -0.146. The Labute approximate surface area is 96.7 Å². The minimum atomic E-state index is -0.197. The van der Waals surface area contributed by atoms with Crippen LogP contribution in [0.25, 0.3) is 0 Å². The van der Waals surface area contributed by atoms with Gasteiger partial charge in [-0.3, -0.25) is 4.79 Å². The lowest BCUT2D eigenvalue weighted by atomic mass is 9.85. The molecule has 0 spiro atoms. The molecule has 0 aromatic heterocycles. The van der Waals surface area contributed by atoms with E-state index in [4.69, 9.17) is 4.74 Å². The molecule has 2 bridgehead atoms. The van der Waals surface area contributed by atoms with E-state index in [0.29, 0.717) is 11.8 Å². The molecule has 0 aromatic rings. The third-order valence-corrected chi connectivity index (χ3v) is 3.02. The third-order valence-electron chi connectivity index (χ3n) is 3.02. The number of fused-ring (bicyclic) bond motifs is 2. The van der Waals surface area contributed by atoms with Gasteiger partial charge in [0.15, 0.2) is 0 Å². The fourth-order valence-electron chi connectivity index (χ4n) is 2.49. The van der Waals surface area contributed by atoms with Crippen LogP contribution in [-0.4, -0.2) is 12.1 Å². The SMILES string of the molecule is CC(=O)O[C@@H]1C(C=C(C)C)=CC2C=CC1C2. The standard InChI is InChI=1S/C14H18O2/c1-9(2)6-13-8-11-4-5-12(7-11)14(13)16-10(3)15/h4-6,8,11-12,14H,7H2,1-3H3/t11?,12?,14-/m0/s1. The number of hydrogen-bond donors (Lipinski definition) is 0. The molecule has 0 heterocycles. The smallest absolute Gasteiger partial charge is 0.303 e. The van der Waals surface area contributed by atoms with Gasteiger partial charge in [0.25, 0.3) is 0 Å². The minimum absolute atomic E-state index is 0.0811. The van der Waals surface area contributed by atoms with E-state index in [0.717, 1.165) is 12.0 Å². The van der Waals surface area contributed by atoms with Crippen LogP contribution in [-0.2, 0) is 9.53 Å². The van der Waals surface area contributed by atoms with Crippen LogP contribution in [0.1, 0.15) is 27.2 Å². The van der Waals surface area contributed by atoms with Crippen LogP contribution in [0, 0.1) is 11.8 Å². The molecule has 0 fully saturated rings. The highest BCUT2D eigenvalue weighted by Gasteiger charge is 2.34. The summed E-state index contributed by atoms with van der Waals surface area (Å²) in [5.74, 6) is 0.698. The van der Waals surface area contributed by atoms with Crippen LogP contribution >= 0.6 is 0 Å². The van der Waals surface area contributed by atoms with Crippen molar-refractivity contribution in [1.82, 2.24) is 0 Å². The number of carbonyl (C=O) groups is 1. The first-order valence-electron chi connectivity index (χ1n) is 5.78. The molecule has 0 N–H and O–H groups in total. The summed E-state index contributed by atoms with van der Waals surface area (Å²) in [6.45, 7) is 5.61. The Hall–Kier alpha value is -1.31. The summed E-state index contributed by atoms with van der Waals surface area (Å²) >= 11 is 0. The van der Waals surface area contributed by atoms with Crippen molar-refractivity contribution in [3.63, 3.8) is 0 Å². The monoisotopic (exact) mass is 218 g/mol. The van der Waals surface area contributed by atoms with E-state index >= 15 is 0 Å². The molecule has 0 radical (unpaired) electrons. The van der Waals surface area contributed by atoms with Crippen LogP contribution in [0.5, 0.6) is 0 Å². The molecule has 0 aliphatic heterocycles. The van der Waals surface area contributed by atoms with E-state index in [1.807, 2.05) is 0 Å². The summed E-state index contributed by atoms with van der Waals surface area (Å²) in [5, 5.41) is 0. The van der Waals surface area contributed by atoms with Crippen molar-refractivity contribution in [3.05, 3.63) is 35.5 Å². The van der Waals surface area contributed by atoms with Gasteiger partial charge in [-0.15, -0.1) is 0 Å². The van der Waals surface area contributed by atoms with Gasteiger partial charge in [-0.1, -0.05) is 29.9 Å².